The van der Waals surface area contributed by atoms with Crippen LogP contribution < -0.4 is 4.31 Å². The smallest absolute Gasteiger partial charge is 0.335 e. The second-order valence-electron chi connectivity index (χ2n) is 7.11. The predicted molar refractivity (Wildman–Crippen MR) is 130 cm³/mol. The first-order valence-corrected chi connectivity index (χ1v) is 12.5. The number of fused-ring (bicyclic) bond motifs is 1. The molecule has 0 aliphatic rings. The molecule has 0 saturated heterocycles. The van der Waals surface area contributed by atoms with Gasteiger partial charge in [0.05, 0.1) is 17.0 Å². The highest BCUT2D eigenvalue weighted by Gasteiger charge is 2.29. The zero-order valence-electron chi connectivity index (χ0n) is 16.7. The molecule has 0 saturated carbocycles. The van der Waals surface area contributed by atoms with Crippen LogP contribution >= 0.6 is 34.5 Å². The number of hydrogen-bond donors (Lipinski definition) is 1. The van der Waals surface area contributed by atoms with Crippen molar-refractivity contribution < 1.29 is 18.3 Å². The summed E-state index contributed by atoms with van der Waals surface area (Å²) in [5, 5.41) is 11.5. The van der Waals surface area contributed by atoms with Gasteiger partial charge in [0.1, 0.15) is 5.00 Å². The van der Waals surface area contributed by atoms with E-state index in [0.29, 0.717) is 20.6 Å². The summed E-state index contributed by atoms with van der Waals surface area (Å²) in [5.74, 6) is -1.13. The molecule has 0 atom stereocenters. The molecule has 32 heavy (non-hydrogen) atoms. The Bertz CT molecular complexity index is 1430. The van der Waals surface area contributed by atoms with E-state index >= 15 is 0 Å². The minimum atomic E-state index is -4.05. The van der Waals surface area contributed by atoms with Crippen molar-refractivity contribution in [3.63, 3.8) is 0 Å². The third-order valence-corrected chi connectivity index (χ3v) is 8.83. The fourth-order valence-electron chi connectivity index (χ4n) is 3.38. The molecule has 5 nitrogen and oxygen atoms in total. The predicted octanol–water partition coefficient (Wildman–Crippen LogP) is 6.61. The number of rotatable bonds is 6. The van der Waals surface area contributed by atoms with E-state index < -0.39 is 16.0 Å². The molecule has 0 bridgehead atoms. The molecule has 0 radical (unpaired) electrons. The number of sulfonamides is 1. The van der Waals surface area contributed by atoms with Crippen molar-refractivity contribution in [2.24, 2.45) is 0 Å². The molecular weight excluding hydrogens is 489 g/mol. The van der Waals surface area contributed by atoms with Crippen LogP contribution in [0.5, 0.6) is 0 Å². The number of halogens is 2. The zero-order valence-corrected chi connectivity index (χ0v) is 19.9. The number of anilines is 1. The minimum Gasteiger partial charge on any atom is -0.478 e. The number of carboxylic acids is 1. The Kier molecular flexibility index (Phi) is 6.18. The topological polar surface area (TPSA) is 74.7 Å². The Labute approximate surface area is 199 Å². The van der Waals surface area contributed by atoms with E-state index in [1.165, 1.54) is 39.9 Å². The van der Waals surface area contributed by atoms with E-state index in [2.05, 4.69) is 0 Å². The summed E-state index contributed by atoms with van der Waals surface area (Å²) >= 11 is 13.9. The highest BCUT2D eigenvalue weighted by Crippen LogP contribution is 2.41. The van der Waals surface area contributed by atoms with Crippen molar-refractivity contribution in [2.45, 2.75) is 18.4 Å². The number of aromatic carboxylic acids is 1. The Morgan fingerprint density at radius 2 is 1.72 bits per heavy atom. The van der Waals surface area contributed by atoms with Crippen LogP contribution in [0, 0.1) is 6.92 Å². The van der Waals surface area contributed by atoms with Crippen LogP contribution in [0.4, 0.5) is 5.00 Å². The van der Waals surface area contributed by atoms with Gasteiger partial charge in [0, 0.05) is 14.7 Å². The molecule has 9 heteroatoms. The summed E-state index contributed by atoms with van der Waals surface area (Å²) in [5.41, 5.74) is 1.39. The fourth-order valence-corrected chi connectivity index (χ4v) is 6.67. The monoisotopic (exact) mass is 505 g/mol. The number of thiophene rings is 1. The number of carboxylic acid groups (broad SMARTS) is 1. The van der Waals surface area contributed by atoms with Gasteiger partial charge in [-0.05, 0) is 72.0 Å². The van der Waals surface area contributed by atoms with Crippen molar-refractivity contribution in [3.8, 4) is 0 Å². The van der Waals surface area contributed by atoms with Gasteiger partial charge in [-0.1, -0.05) is 41.4 Å². The first kappa shape index (κ1) is 22.6. The third-order valence-electron chi connectivity index (χ3n) is 5.06. The maximum Gasteiger partial charge on any atom is 0.335 e. The molecule has 0 aliphatic heterocycles. The molecule has 1 heterocycles. The molecule has 1 aromatic heterocycles. The molecule has 1 N–H and O–H groups in total. The Balaban J connectivity index is 1.89. The van der Waals surface area contributed by atoms with Gasteiger partial charge < -0.3 is 5.11 Å². The lowest BCUT2D eigenvalue weighted by Crippen LogP contribution is -2.30. The van der Waals surface area contributed by atoms with Gasteiger partial charge in [0.15, 0.2) is 0 Å². The van der Waals surface area contributed by atoms with Crippen molar-refractivity contribution in [3.05, 3.63) is 93.5 Å². The quantitative estimate of drug-likeness (QED) is 0.319. The average Bonchev–Trinajstić information content (AvgIpc) is 3.10. The van der Waals surface area contributed by atoms with E-state index in [1.54, 1.807) is 18.2 Å². The molecule has 0 amide bonds. The summed E-state index contributed by atoms with van der Waals surface area (Å²) in [6, 6.07) is 17.8. The van der Waals surface area contributed by atoms with Gasteiger partial charge in [-0.25, -0.2) is 13.2 Å². The fraction of sp³-hybridized carbons (Fsp3) is 0.0870. The lowest BCUT2D eigenvalue weighted by atomic mass is 10.2. The summed E-state index contributed by atoms with van der Waals surface area (Å²) in [6.45, 7) is 1.85. The number of aryl methyl sites for hydroxylation is 1. The largest absolute Gasteiger partial charge is 0.478 e. The number of hydrogen-bond acceptors (Lipinski definition) is 4. The maximum atomic E-state index is 13.8. The summed E-state index contributed by atoms with van der Waals surface area (Å²) in [6.07, 6.45) is 0. The number of benzene rings is 3. The number of nitrogens with zero attached hydrogens (tertiary/aromatic N) is 1. The van der Waals surface area contributed by atoms with Crippen molar-refractivity contribution in [2.75, 3.05) is 4.31 Å². The minimum absolute atomic E-state index is 0.00595. The van der Waals surface area contributed by atoms with Gasteiger partial charge >= 0.3 is 5.97 Å². The van der Waals surface area contributed by atoms with Crippen molar-refractivity contribution in [1.82, 2.24) is 0 Å². The highest BCUT2D eigenvalue weighted by atomic mass is 35.5. The first-order chi connectivity index (χ1) is 15.2. The van der Waals surface area contributed by atoms with Crippen LogP contribution in [0.1, 0.15) is 21.5 Å². The van der Waals surface area contributed by atoms with E-state index in [0.717, 1.165) is 15.6 Å². The average molecular weight is 506 g/mol. The first-order valence-electron chi connectivity index (χ1n) is 9.46. The Morgan fingerprint density at radius 3 is 2.38 bits per heavy atom. The van der Waals surface area contributed by atoms with Crippen LogP contribution in [0.2, 0.25) is 10.0 Å². The molecule has 4 rings (SSSR count). The number of carbonyl (C=O) groups is 1. The molecule has 3 aromatic carbocycles. The Morgan fingerprint density at radius 1 is 1.03 bits per heavy atom. The third kappa shape index (κ3) is 4.21. The second-order valence-corrected chi connectivity index (χ2v) is 10.8. The normalized spacial score (nSPS) is 11.6. The molecule has 0 fully saturated rings. The van der Waals surface area contributed by atoms with Crippen LogP contribution in [0.3, 0.4) is 0 Å². The summed E-state index contributed by atoms with van der Waals surface area (Å²) in [4.78, 5) is 11.2. The van der Waals surface area contributed by atoms with Gasteiger partial charge in [-0.3, -0.25) is 4.31 Å². The van der Waals surface area contributed by atoms with Crippen molar-refractivity contribution >= 4 is 65.6 Å². The van der Waals surface area contributed by atoms with Crippen LogP contribution in [-0.4, -0.2) is 19.5 Å². The second kappa shape index (κ2) is 8.75. The van der Waals surface area contributed by atoms with E-state index in [4.69, 9.17) is 28.3 Å². The van der Waals surface area contributed by atoms with E-state index in [-0.39, 0.29) is 17.0 Å². The molecule has 0 unspecified atom stereocenters. The maximum absolute atomic E-state index is 13.8. The molecule has 0 aliphatic carbocycles. The van der Waals surface area contributed by atoms with Gasteiger partial charge in [0.25, 0.3) is 10.0 Å². The van der Waals surface area contributed by atoms with E-state index in [1.807, 2.05) is 31.2 Å². The van der Waals surface area contributed by atoms with Crippen LogP contribution in [0.15, 0.2) is 71.6 Å². The van der Waals surface area contributed by atoms with Gasteiger partial charge in [-0.15, -0.1) is 11.3 Å². The molecule has 164 valence electrons. The SMILES string of the molecule is Cc1c(N(Cc2cc(Cl)ccc2Cl)S(=O)(=O)c2ccc(C(=O)O)cc2)sc2ccccc12. The van der Waals surface area contributed by atoms with Gasteiger partial charge in [0.2, 0.25) is 0 Å². The summed E-state index contributed by atoms with van der Waals surface area (Å²) in [7, 11) is -4.05. The summed E-state index contributed by atoms with van der Waals surface area (Å²) < 4.78 is 29.8. The lowest BCUT2D eigenvalue weighted by Gasteiger charge is -2.25. The molecule has 4 aromatic rings. The molecule has 0 spiro atoms. The highest BCUT2D eigenvalue weighted by molar-refractivity contribution is 7.93. The van der Waals surface area contributed by atoms with Gasteiger partial charge in [-0.2, -0.15) is 0 Å². The Hall–Kier alpha value is -2.58. The van der Waals surface area contributed by atoms with E-state index in [9.17, 15) is 13.2 Å². The van der Waals surface area contributed by atoms with Crippen molar-refractivity contribution in [1.29, 1.82) is 0 Å². The standard InChI is InChI=1S/C23H17Cl2NO4S2/c1-14-19-4-2-3-5-21(19)31-22(14)26(13-16-12-17(24)8-11-20(16)25)32(29,30)18-9-6-15(7-10-18)23(27)28/h2-12H,13H2,1H3,(H,27,28). The van der Waals surface area contributed by atoms with Crippen LogP contribution in [0.25, 0.3) is 10.1 Å². The molecular formula is C23H17Cl2NO4S2. The lowest BCUT2D eigenvalue weighted by molar-refractivity contribution is 0.0696. The zero-order chi connectivity index (χ0) is 23.0. The van der Waals surface area contributed by atoms with Crippen LogP contribution in [-0.2, 0) is 16.6 Å².